The fourth-order valence-corrected chi connectivity index (χ4v) is 4.07. The molecule has 7 heteroatoms. The number of nitrogens with one attached hydrogen (secondary N) is 1. The first kappa shape index (κ1) is 27.7. The van der Waals surface area contributed by atoms with Crippen molar-refractivity contribution in [3.8, 4) is 0 Å². The van der Waals surface area contributed by atoms with Crippen molar-refractivity contribution in [2.75, 3.05) is 5.75 Å². The van der Waals surface area contributed by atoms with Crippen LogP contribution in [0.15, 0.2) is 0 Å². The van der Waals surface area contributed by atoms with E-state index < -0.39 is 21.4 Å². The molecule has 0 aliphatic heterocycles. The molecular formula is C17H34KNO3S2. The average molecular weight is 404 g/mol. The van der Waals surface area contributed by atoms with Crippen LogP contribution in [0.3, 0.4) is 0 Å². The van der Waals surface area contributed by atoms with Gasteiger partial charge in [-0.3, -0.25) is 0 Å². The molecule has 138 valence electrons. The molecule has 0 aromatic carbocycles. The standard InChI is InChI=1S/C17H35NO3S2.K/c1-4-5-6-7-8-9-10-11-12-13-14-16(22)18-17(2,3)15-23(19,20)21;/h4-15H2,1-3H3,(H,18,22)(H,19,20,21);/q;+1/p-1. The predicted octanol–water partition coefficient (Wildman–Crippen LogP) is 1.54. The number of rotatable bonds is 14. The van der Waals surface area contributed by atoms with Crippen molar-refractivity contribution < 1.29 is 64.4 Å². The maximum Gasteiger partial charge on any atom is 1.00 e. The second kappa shape index (κ2) is 15.5. The number of unbranched alkanes of at least 4 members (excludes halogenated alkanes) is 9. The monoisotopic (exact) mass is 403 g/mol. The van der Waals surface area contributed by atoms with E-state index in [9.17, 15) is 13.0 Å². The van der Waals surface area contributed by atoms with Crippen molar-refractivity contribution in [1.82, 2.24) is 5.32 Å². The quantitative estimate of drug-likeness (QED) is 0.206. The summed E-state index contributed by atoms with van der Waals surface area (Å²) in [5.74, 6) is -0.446. The van der Waals surface area contributed by atoms with Crippen LogP contribution in [0.2, 0.25) is 0 Å². The van der Waals surface area contributed by atoms with Crippen LogP contribution < -0.4 is 56.7 Å². The van der Waals surface area contributed by atoms with Gasteiger partial charge >= 0.3 is 51.4 Å². The third kappa shape index (κ3) is 19.8. The molecule has 1 N–H and O–H groups in total. The third-order valence-corrected chi connectivity index (χ3v) is 5.15. The summed E-state index contributed by atoms with van der Waals surface area (Å²) in [6, 6.07) is 0. The van der Waals surface area contributed by atoms with Gasteiger partial charge in [0, 0.05) is 5.54 Å². The molecule has 0 aromatic heterocycles. The first-order valence-corrected chi connectivity index (χ1v) is 10.9. The Morgan fingerprint density at radius 2 is 1.38 bits per heavy atom. The molecule has 0 rings (SSSR count). The van der Waals surface area contributed by atoms with E-state index in [4.69, 9.17) is 12.2 Å². The van der Waals surface area contributed by atoms with Gasteiger partial charge in [-0.25, -0.2) is 8.42 Å². The Balaban J connectivity index is 0. The first-order chi connectivity index (χ1) is 10.7. The zero-order valence-corrected chi connectivity index (χ0v) is 20.8. The summed E-state index contributed by atoms with van der Waals surface area (Å²) in [5.41, 5.74) is -0.795. The average Bonchev–Trinajstić information content (AvgIpc) is 2.37. The Hall–Kier alpha value is 1.44. The molecule has 0 saturated carbocycles. The molecule has 0 amide bonds. The van der Waals surface area contributed by atoms with E-state index in [0.29, 0.717) is 4.99 Å². The minimum Gasteiger partial charge on any atom is -0.748 e. The van der Waals surface area contributed by atoms with Gasteiger partial charge in [-0.2, -0.15) is 0 Å². The summed E-state index contributed by atoms with van der Waals surface area (Å²) in [5, 5.41) is 3.00. The molecule has 0 heterocycles. The van der Waals surface area contributed by atoms with E-state index in [-0.39, 0.29) is 51.4 Å². The van der Waals surface area contributed by atoms with Gasteiger partial charge in [0.1, 0.15) is 0 Å². The van der Waals surface area contributed by atoms with Gasteiger partial charge in [-0.15, -0.1) is 0 Å². The molecule has 0 bridgehead atoms. The van der Waals surface area contributed by atoms with Gasteiger partial charge in [0.05, 0.1) is 20.9 Å². The Labute approximate surface area is 197 Å². The minimum atomic E-state index is -4.24. The summed E-state index contributed by atoms with van der Waals surface area (Å²) in [7, 11) is -4.24. The molecule has 24 heavy (non-hydrogen) atoms. The fourth-order valence-electron chi connectivity index (χ4n) is 2.69. The van der Waals surface area contributed by atoms with Crippen molar-refractivity contribution in [2.24, 2.45) is 0 Å². The van der Waals surface area contributed by atoms with Crippen LogP contribution in [-0.2, 0) is 10.1 Å². The van der Waals surface area contributed by atoms with Crippen LogP contribution in [0.25, 0.3) is 0 Å². The van der Waals surface area contributed by atoms with E-state index in [1.807, 2.05) is 0 Å². The molecule has 4 nitrogen and oxygen atoms in total. The molecule has 0 unspecified atom stereocenters. The van der Waals surface area contributed by atoms with E-state index in [1.54, 1.807) is 13.8 Å². The van der Waals surface area contributed by atoms with Gasteiger partial charge in [0.25, 0.3) is 0 Å². The predicted molar refractivity (Wildman–Crippen MR) is 101 cm³/mol. The zero-order chi connectivity index (χ0) is 17.8. The molecule has 0 aliphatic rings. The Morgan fingerprint density at radius 1 is 0.958 bits per heavy atom. The van der Waals surface area contributed by atoms with Crippen LogP contribution in [0, 0.1) is 0 Å². The van der Waals surface area contributed by atoms with Crippen molar-refractivity contribution in [1.29, 1.82) is 0 Å². The van der Waals surface area contributed by atoms with Crippen LogP contribution >= 0.6 is 12.2 Å². The SMILES string of the molecule is CCCCCCCCCCCCC(=S)NC(C)(C)CS(=O)(=O)[O-].[K+]. The molecule has 0 fully saturated rings. The summed E-state index contributed by atoms with van der Waals surface area (Å²) in [4.78, 5) is 0.651. The molecule has 0 saturated heterocycles. The van der Waals surface area contributed by atoms with Crippen LogP contribution in [0.4, 0.5) is 0 Å². The Morgan fingerprint density at radius 3 is 1.79 bits per heavy atom. The summed E-state index contributed by atoms with van der Waals surface area (Å²) in [6.07, 6.45) is 13.5. The van der Waals surface area contributed by atoms with E-state index in [2.05, 4.69) is 12.2 Å². The van der Waals surface area contributed by atoms with Crippen molar-refractivity contribution in [3.63, 3.8) is 0 Å². The second-order valence-corrected chi connectivity index (χ2v) is 8.96. The maximum atomic E-state index is 10.8. The molecule has 0 aromatic rings. The third-order valence-electron chi connectivity index (χ3n) is 3.77. The van der Waals surface area contributed by atoms with Gasteiger partial charge in [0.15, 0.2) is 0 Å². The number of hydrogen-bond acceptors (Lipinski definition) is 4. The molecule has 0 aliphatic carbocycles. The van der Waals surface area contributed by atoms with E-state index >= 15 is 0 Å². The molecule has 0 atom stereocenters. The molecule has 0 radical (unpaired) electrons. The zero-order valence-electron chi connectivity index (χ0n) is 16.0. The molecular weight excluding hydrogens is 369 g/mol. The summed E-state index contributed by atoms with van der Waals surface area (Å²) < 4.78 is 32.5. The summed E-state index contributed by atoms with van der Waals surface area (Å²) in [6.45, 7) is 5.61. The number of thiocarbonyl (C=S) groups is 1. The topological polar surface area (TPSA) is 69.2 Å². The van der Waals surface area contributed by atoms with Crippen molar-refractivity contribution >= 4 is 27.3 Å². The first-order valence-electron chi connectivity index (χ1n) is 8.91. The normalized spacial score (nSPS) is 11.8. The Kier molecular flexibility index (Phi) is 17.8. The second-order valence-electron chi connectivity index (χ2n) is 7.07. The fraction of sp³-hybridized carbons (Fsp3) is 0.941. The van der Waals surface area contributed by atoms with Crippen LogP contribution in [-0.4, -0.2) is 29.3 Å². The number of hydrogen-bond donors (Lipinski definition) is 1. The van der Waals surface area contributed by atoms with Gasteiger partial charge in [-0.05, 0) is 26.7 Å². The van der Waals surface area contributed by atoms with Gasteiger partial charge < -0.3 is 9.87 Å². The van der Waals surface area contributed by atoms with Crippen molar-refractivity contribution in [3.05, 3.63) is 0 Å². The summed E-state index contributed by atoms with van der Waals surface area (Å²) >= 11 is 5.24. The maximum absolute atomic E-state index is 10.8. The van der Waals surface area contributed by atoms with Crippen molar-refractivity contribution in [2.45, 2.75) is 96.9 Å². The minimum absolute atomic E-state index is 0. The smallest absolute Gasteiger partial charge is 0.748 e. The van der Waals surface area contributed by atoms with Gasteiger partial charge in [0.2, 0.25) is 0 Å². The largest absolute Gasteiger partial charge is 1.00 e. The van der Waals surface area contributed by atoms with Crippen LogP contribution in [0.1, 0.15) is 91.4 Å². The molecule has 0 spiro atoms. The van der Waals surface area contributed by atoms with E-state index in [1.165, 1.54) is 51.4 Å². The Bertz CT molecular complexity index is 426. The van der Waals surface area contributed by atoms with E-state index in [0.717, 1.165) is 19.3 Å². The van der Waals surface area contributed by atoms with Crippen LogP contribution in [0.5, 0.6) is 0 Å². The van der Waals surface area contributed by atoms with Gasteiger partial charge in [-0.1, -0.05) is 76.9 Å².